The number of benzene rings is 2. The van der Waals surface area contributed by atoms with Crippen molar-refractivity contribution in [1.29, 1.82) is 0 Å². The van der Waals surface area contributed by atoms with Gasteiger partial charge in [-0.15, -0.1) is 0 Å². The first kappa shape index (κ1) is 13.9. The smallest absolute Gasteiger partial charge is 0.00257 e. The monoisotopic (exact) mass is 252 g/mol. The van der Waals surface area contributed by atoms with Gasteiger partial charge in [-0.25, -0.2) is 0 Å². The van der Waals surface area contributed by atoms with Crippen molar-refractivity contribution in [2.24, 2.45) is 5.92 Å². The van der Waals surface area contributed by atoms with Crippen molar-refractivity contribution < 1.29 is 0 Å². The highest BCUT2D eigenvalue weighted by atomic mass is 14.1. The van der Waals surface area contributed by atoms with Crippen molar-refractivity contribution in [3.8, 4) is 0 Å². The molecule has 19 heavy (non-hydrogen) atoms. The molecular weight excluding hydrogens is 228 g/mol. The van der Waals surface area contributed by atoms with Gasteiger partial charge in [0, 0.05) is 0 Å². The van der Waals surface area contributed by atoms with Crippen LogP contribution in [-0.2, 0) is 12.8 Å². The lowest BCUT2D eigenvalue weighted by Gasteiger charge is -2.11. The lowest BCUT2D eigenvalue weighted by Crippen LogP contribution is -2.00. The van der Waals surface area contributed by atoms with Crippen LogP contribution in [-0.4, -0.2) is 0 Å². The molecule has 0 aliphatic heterocycles. The van der Waals surface area contributed by atoms with Gasteiger partial charge in [0.1, 0.15) is 0 Å². The molecule has 0 aromatic heterocycles. The predicted octanol–water partition coefficient (Wildman–Crippen LogP) is 5.26. The first-order valence-electron chi connectivity index (χ1n) is 7.39. The van der Waals surface area contributed by atoms with E-state index < -0.39 is 0 Å². The molecule has 2 aromatic carbocycles. The molecule has 2 aromatic rings. The van der Waals surface area contributed by atoms with E-state index >= 15 is 0 Å². The second-order valence-electron chi connectivity index (χ2n) is 5.58. The molecule has 1 atom stereocenters. The molecule has 100 valence electrons. The zero-order valence-electron chi connectivity index (χ0n) is 12.1. The lowest BCUT2D eigenvalue weighted by molar-refractivity contribution is 0.522. The molecule has 2 rings (SSSR count). The Morgan fingerprint density at radius 2 is 1.53 bits per heavy atom. The Balaban J connectivity index is 2.03. The standard InChI is InChI=1S/C19H24/c1-3-8-16(2)13-18-11-7-12-19(15-18)14-17-9-5-4-6-10-17/h4-7,9-12,15-16H,3,8,13-14H2,1-2H3. The zero-order valence-corrected chi connectivity index (χ0v) is 12.1. The maximum atomic E-state index is 2.37. The highest BCUT2D eigenvalue weighted by molar-refractivity contribution is 5.29. The van der Waals surface area contributed by atoms with Gasteiger partial charge >= 0.3 is 0 Å². The minimum atomic E-state index is 0.789. The summed E-state index contributed by atoms with van der Waals surface area (Å²) in [5.74, 6) is 0.789. The molecule has 0 saturated heterocycles. The average molecular weight is 252 g/mol. The highest BCUT2D eigenvalue weighted by Gasteiger charge is 2.03. The van der Waals surface area contributed by atoms with E-state index in [1.165, 1.54) is 36.0 Å². The van der Waals surface area contributed by atoms with E-state index in [0.29, 0.717) is 0 Å². The molecule has 0 fully saturated rings. The summed E-state index contributed by atoms with van der Waals surface area (Å²) < 4.78 is 0. The Morgan fingerprint density at radius 3 is 2.26 bits per heavy atom. The maximum Gasteiger partial charge on any atom is -0.00257 e. The molecule has 0 nitrogen and oxygen atoms in total. The van der Waals surface area contributed by atoms with Gasteiger partial charge in [-0.05, 0) is 35.4 Å². The largest absolute Gasteiger partial charge is 0.0654 e. The van der Waals surface area contributed by atoms with E-state index in [9.17, 15) is 0 Å². The van der Waals surface area contributed by atoms with Gasteiger partial charge in [0.05, 0.1) is 0 Å². The van der Waals surface area contributed by atoms with Gasteiger partial charge in [-0.2, -0.15) is 0 Å². The highest BCUT2D eigenvalue weighted by Crippen LogP contribution is 2.16. The summed E-state index contributed by atoms with van der Waals surface area (Å²) in [6.45, 7) is 4.62. The van der Waals surface area contributed by atoms with E-state index in [0.717, 1.165) is 12.3 Å². The van der Waals surface area contributed by atoms with Crippen molar-refractivity contribution >= 4 is 0 Å². The first-order chi connectivity index (χ1) is 9.28. The summed E-state index contributed by atoms with van der Waals surface area (Å²) in [5.41, 5.74) is 4.29. The molecule has 0 amide bonds. The minimum absolute atomic E-state index is 0.789. The quantitative estimate of drug-likeness (QED) is 0.658. The molecule has 0 radical (unpaired) electrons. The fourth-order valence-corrected chi connectivity index (χ4v) is 2.70. The van der Waals surface area contributed by atoms with Gasteiger partial charge in [-0.1, -0.05) is 81.3 Å². The van der Waals surface area contributed by atoms with E-state index in [1.54, 1.807) is 0 Å². The van der Waals surface area contributed by atoms with E-state index in [1.807, 2.05) is 0 Å². The summed E-state index contributed by atoms with van der Waals surface area (Å²) in [4.78, 5) is 0. The molecule has 0 aliphatic carbocycles. The Bertz CT molecular complexity index is 484. The number of hydrogen-bond acceptors (Lipinski definition) is 0. The van der Waals surface area contributed by atoms with Gasteiger partial charge in [-0.3, -0.25) is 0 Å². The molecular formula is C19H24. The summed E-state index contributed by atoms with van der Waals surface area (Å²) in [6, 6.07) is 19.8. The second kappa shape index (κ2) is 7.13. The third-order valence-electron chi connectivity index (χ3n) is 3.61. The summed E-state index contributed by atoms with van der Waals surface area (Å²) >= 11 is 0. The summed E-state index contributed by atoms with van der Waals surface area (Å²) in [7, 11) is 0. The van der Waals surface area contributed by atoms with E-state index in [4.69, 9.17) is 0 Å². The summed E-state index contributed by atoms with van der Waals surface area (Å²) in [6.07, 6.45) is 4.85. The van der Waals surface area contributed by atoms with Crippen molar-refractivity contribution in [3.63, 3.8) is 0 Å². The minimum Gasteiger partial charge on any atom is -0.0654 e. The van der Waals surface area contributed by atoms with Crippen LogP contribution in [0.25, 0.3) is 0 Å². The first-order valence-corrected chi connectivity index (χ1v) is 7.39. The van der Waals surface area contributed by atoms with Crippen LogP contribution in [0.1, 0.15) is 43.4 Å². The van der Waals surface area contributed by atoms with Crippen LogP contribution in [0, 0.1) is 5.92 Å². The Hall–Kier alpha value is -1.56. The molecule has 0 saturated carbocycles. The third kappa shape index (κ3) is 4.55. The number of hydrogen-bond donors (Lipinski definition) is 0. The topological polar surface area (TPSA) is 0 Å². The van der Waals surface area contributed by atoms with Crippen LogP contribution >= 0.6 is 0 Å². The van der Waals surface area contributed by atoms with E-state index in [-0.39, 0.29) is 0 Å². The third-order valence-corrected chi connectivity index (χ3v) is 3.61. The Morgan fingerprint density at radius 1 is 0.842 bits per heavy atom. The van der Waals surface area contributed by atoms with Crippen LogP contribution in [0.5, 0.6) is 0 Å². The molecule has 0 bridgehead atoms. The van der Waals surface area contributed by atoms with Crippen molar-refractivity contribution in [3.05, 3.63) is 71.3 Å². The molecule has 1 unspecified atom stereocenters. The van der Waals surface area contributed by atoms with Gasteiger partial charge in [0.15, 0.2) is 0 Å². The fraction of sp³-hybridized carbons (Fsp3) is 0.368. The van der Waals surface area contributed by atoms with Crippen LogP contribution in [0.4, 0.5) is 0 Å². The molecule has 0 aliphatic rings. The number of rotatable bonds is 6. The fourth-order valence-electron chi connectivity index (χ4n) is 2.70. The van der Waals surface area contributed by atoms with Crippen LogP contribution < -0.4 is 0 Å². The van der Waals surface area contributed by atoms with Gasteiger partial charge in [0.25, 0.3) is 0 Å². The van der Waals surface area contributed by atoms with Crippen molar-refractivity contribution in [2.75, 3.05) is 0 Å². The zero-order chi connectivity index (χ0) is 13.5. The Labute approximate surface area is 117 Å². The van der Waals surface area contributed by atoms with Crippen LogP contribution in [0.3, 0.4) is 0 Å². The molecule has 0 N–H and O–H groups in total. The van der Waals surface area contributed by atoms with Crippen LogP contribution in [0.2, 0.25) is 0 Å². The predicted molar refractivity (Wildman–Crippen MR) is 83.5 cm³/mol. The van der Waals surface area contributed by atoms with Crippen molar-refractivity contribution in [2.45, 2.75) is 39.5 Å². The van der Waals surface area contributed by atoms with Crippen molar-refractivity contribution in [1.82, 2.24) is 0 Å². The molecule has 0 heteroatoms. The lowest BCUT2D eigenvalue weighted by atomic mass is 9.95. The average Bonchev–Trinajstić information content (AvgIpc) is 2.40. The Kier molecular flexibility index (Phi) is 5.20. The normalized spacial score (nSPS) is 12.3. The maximum absolute atomic E-state index is 2.37. The molecule has 0 heterocycles. The summed E-state index contributed by atoms with van der Waals surface area (Å²) in [5, 5.41) is 0. The molecule has 0 spiro atoms. The van der Waals surface area contributed by atoms with Crippen LogP contribution in [0.15, 0.2) is 54.6 Å². The van der Waals surface area contributed by atoms with E-state index in [2.05, 4.69) is 68.4 Å². The van der Waals surface area contributed by atoms with Gasteiger partial charge < -0.3 is 0 Å². The SMILES string of the molecule is CCCC(C)Cc1cccc(Cc2ccccc2)c1. The van der Waals surface area contributed by atoms with Gasteiger partial charge in [0.2, 0.25) is 0 Å². The second-order valence-corrected chi connectivity index (χ2v) is 5.58.